The molecule has 0 fully saturated rings. The lowest BCUT2D eigenvalue weighted by Gasteiger charge is -2.01. The first-order chi connectivity index (χ1) is 8.74. The Morgan fingerprint density at radius 1 is 1.11 bits per heavy atom. The number of hydrogen-bond acceptors (Lipinski definition) is 4. The molecule has 3 rings (SSSR count). The molecule has 3 heterocycles. The lowest BCUT2D eigenvalue weighted by molar-refractivity contribution is 1.12. The molecule has 1 N–H and O–H groups in total. The third-order valence-electron chi connectivity index (χ3n) is 2.43. The van der Waals surface area contributed by atoms with Gasteiger partial charge in [-0.3, -0.25) is 9.78 Å². The fraction of sp³-hybridized carbons (Fsp3) is 0. The molecule has 0 radical (unpaired) electrons. The van der Waals surface area contributed by atoms with Crippen molar-refractivity contribution in [2.75, 3.05) is 0 Å². The minimum absolute atomic E-state index is 0.276. The highest BCUT2D eigenvalue weighted by molar-refractivity contribution is 9.10. The third-order valence-corrected chi connectivity index (χ3v) is 2.87. The van der Waals surface area contributed by atoms with Crippen molar-refractivity contribution in [1.29, 1.82) is 0 Å². The molecule has 0 saturated carbocycles. The van der Waals surface area contributed by atoms with Crippen molar-refractivity contribution in [3.8, 4) is 11.5 Å². The first-order valence-corrected chi connectivity index (χ1v) is 6.01. The van der Waals surface area contributed by atoms with Gasteiger partial charge in [-0.25, -0.2) is 9.97 Å². The lowest BCUT2D eigenvalue weighted by atomic mass is 10.3. The zero-order valence-electron chi connectivity index (χ0n) is 9.09. The van der Waals surface area contributed by atoms with Gasteiger partial charge >= 0.3 is 0 Å². The standard InChI is InChI=1S/C12H7BrN4O/c13-9-5-4-7-10(16-9)12(18)17-11(15-7)8-3-1-2-6-14-8/h1-6H,(H,15,17,18). The number of hydrogen-bond donors (Lipinski definition) is 1. The predicted molar refractivity (Wildman–Crippen MR) is 71.1 cm³/mol. The quantitative estimate of drug-likeness (QED) is 0.699. The van der Waals surface area contributed by atoms with E-state index in [1.807, 2.05) is 6.07 Å². The Hall–Kier alpha value is -2.08. The van der Waals surface area contributed by atoms with E-state index in [4.69, 9.17) is 0 Å². The van der Waals surface area contributed by atoms with Crippen LogP contribution >= 0.6 is 15.9 Å². The molecule has 3 aromatic rings. The zero-order chi connectivity index (χ0) is 12.5. The first-order valence-electron chi connectivity index (χ1n) is 5.22. The molecule has 18 heavy (non-hydrogen) atoms. The average Bonchev–Trinajstić information content (AvgIpc) is 2.40. The van der Waals surface area contributed by atoms with Gasteiger partial charge in [-0.15, -0.1) is 0 Å². The first kappa shape index (κ1) is 11.0. The van der Waals surface area contributed by atoms with Crippen LogP contribution in [0.15, 0.2) is 45.9 Å². The largest absolute Gasteiger partial charge is 0.303 e. The highest BCUT2D eigenvalue weighted by Gasteiger charge is 2.07. The summed E-state index contributed by atoms with van der Waals surface area (Å²) in [6.07, 6.45) is 1.65. The van der Waals surface area contributed by atoms with Gasteiger partial charge in [-0.1, -0.05) is 6.07 Å². The fourth-order valence-electron chi connectivity index (χ4n) is 1.62. The van der Waals surface area contributed by atoms with Gasteiger partial charge in [-0.2, -0.15) is 0 Å². The van der Waals surface area contributed by atoms with Crippen LogP contribution in [0.3, 0.4) is 0 Å². The molecule has 0 bridgehead atoms. The molecule has 5 nitrogen and oxygen atoms in total. The van der Waals surface area contributed by atoms with Crippen molar-refractivity contribution in [3.05, 3.63) is 51.5 Å². The monoisotopic (exact) mass is 302 g/mol. The molecule has 0 spiro atoms. The summed E-state index contributed by atoms with van der Waals surface area (Å²) in [6.45, 7) is 0. The van der Waals surface area contributed by atoms with Crippen LogP contribution in [0.5, 0.6) is 0 Å². The number of rotatable bonds is 1. The molecule has 0 aliphatic carbocycles. The lowest BCUT2D eigenvalue weighted by Crippen LogP contribution is -2.11. The average molecular weight is 303 g/mol. The Morgan fingerprint density at radius 3 is 2.78 bits per heavy atom. The summed E-state index contributed by atoms with van der Waals surface area (Å²) in [4.78, 5) is 27.2. The summed E-state index contributed by atoms with van der Waals surface area (Å²) in [5.41, 5.74) is 1.20. The number of nitrogens with one attached hydrogen (secondary N) is 1. The van der Waals surface area contributed by atoms with E-state index in [-0.39, 0.29) is 5.56 Å². The molecule has 88 valence electrons. The number of nitrogens with zero attached hydrogens (tertiary/aromatic N) is 3. The van der Waals surface area contributed by atoms with E-state index in [9.17, 15) is 4.79 Å². The number of H-pyrrole nitrogens is 1. The molecular weight excluding hydrogens is 296 g/mol. The predicted octanol–water partition coefficient (Wildman–Crippen LogP) is 2.14. The number of fused-ring (bicyclic) bond motifs is 1. The van der Waals surface area contributed by atoms with Crippen LogP contribution in [0.4, 0.5) is 0 Å². The molecular formula is C12H7BrN4O. The van der Waals surface area contributed by atoms with Gasteiger partial charge in [0.1, 0.15) is 10.3 Å². The second-order valence-electron chi connectivity index (χ2n) is 3.63. The van der Waals surface area contributed by atoms with Crippen LogP contribution in [0.25, 0.3) is 22.6 Å². The van der Waals surface area contributed by atoms with Gasteiger partial charge in [0.15, 0.2) is 11.3 Å². The molecule has 0 aromatic carbocycles. The van der Waals surface area contributed by atoms with Crippen molar-refractivity contribution in [3.63, 3.8) is 0 Å². The molecule has 3 aromatic heterocycles. The van der Waals surface area contributed by atoms with Crippen LogP contribution in [0.1, 0.15) is 0 Å². The molecule has 0 unspecified atom stereocenters. The molecule has 0 saturated heterocycles. The normalized spacial score (nSPS) is 10.7. The van der Waals surface area contributed by atoms with Crippen LogP contribution < -0.4 is 5.56 Å². The van der Waals surface area contributed by atoms with E-state index in [0.29, 0.717) is 27.2 Å². The van der Waals surface area contributed by atoms with Gasteiger partial charge < -0.3 is 4.98 Å². The summed E-state index contributed by atoms with van der Waals surface area (Å²) in [7, 11) is 0. The fourth-order valence-corrected chi connectivity index (χ4v) is 1.93. The Labute approximate surface area is 110 Å². The Balaban J connectivity index is 2.29. The van der Waals surface area contributed by atoms with E-state index in [0.717, 1.165) is 0 Å². The van der Waals surface area contributed by atoms with E-state index >= 15 is 0 Å². The summed E-state index contributed by atoms with van der Waals surface area (Å²) in [6, 6.07) is 8.93. The zero-order valence-corrected chi connectivity index (χ0v) is 10.7. The maximum Gasteiger partial charge on any atom is 0.277 e. The van der Waals surface area contributed by atoms with Crippen LogP contribution in [-0.4, -0.2) is 19.9 Å². The molecule has 0 atom stereocenters. The Kier molecular flexibility index (Phi) is 2.64. The van der Waals surface area contributed by atoms with Gasteiger partial charge in [0.25, 0.3) is 5.56 Å². The van der Waals surface area contributed by atoms with Gasteiger partial charge in [0.05, 0.1) is 5.52 Å². The second-order valence-corrected chi connectivity index (χ2v) is 4.44. The van der Waals surface area contributed by atoms with E-state index in [2.05, 4.69) is 35.9 Å². The summed E-state index contributed by atoms with van der Waals surface area (Å²) < 4.78 is 0.605. The summed E-state index contributed by atoms with van der Waals surface area (Å²) in [5, 5.41) is 0. The minimum Gasteiger partial charge on any atom is -0.303 e. The SMILES string of the molecule is O=c1[nH]c(-c2ccccn2)nc2ccc(Br)nc12. The Morgan fingerprint density at radius 2 is 2.00 bits per heavy atom. The van der Waals surface area contributed by atoms with E-state index < -0.39 is 0 Å². The van der Waals surface area contributed by atoms with E-state index in [1.54, 1.807) is 30.5 Å². The van der Waals surface area contributed by atoms with Crippen molar-refractivity contribution in [2.45, 2.75) is 0 Å². The highest BCUT2D eigenvalue weighted by Crippen LogP contribution is 2.14. The van der Waals surface area contributed by atoms with Gasteiger partial charge in [0, 0.05) is 6.20 Å². The minimum atomic E-state index is -0.276. The maximum absolute atomic E-state index is 11.9. The van der Waals surface area contributed by atoms with Crippen LogP contribution in [0, 0.1) is 0 Å². The second kappa shape index (κ2) is 4.30. The number of aromatic amines is 1. The molecule has 6 heteroatoms. The highest BCUT2D eigenvalue weighted by atomic mass is 79.9. The number of halogens is 1. The van der Waals surface area contributed by atoms with Crippen molar-refractivity contribution in [2.24, 2.45) is 0 Å². The van der Waals surface area contributed by atoms with E-state index in [1.165, 1.54) is 0 Å². The number of aromatic nitrogens is 4. The molecule has 0 amide bonds. The molecule has 0 aliphatic heterocycles. The topological polar surface area (TPSA) is 71.5 Å². The maximum atomic E-state index is 11.9. The molecule has 0 aliphatic rings. The van der Waals surface area contributed by atoms with Crippen LogP contribution in [0.2, 0.25) is 0 Å². The van der Waals surface area contributed by atoms with Gasteiger partial charge in [-0.05, 0) is 40.2 Å². The van der Waals surface area contributed by atoms with Gasteiger partial charge in [0.2, 0.25) is 0 Å². The Bertz CT molecular complexity index is 770. The number of pyridine rings is 2. The van der Waals surface area contributed by atoms with Crippen molar-refractivity contribution < 1.29 is 0 Å². The third kappa shape index (κ3) is 1.91. The summed E-state index contributed by atoms with van der Waals surface area (Å²) in [5.74, 6) is 0.442. The van der Waals surface area contributed by atoms with Crippen LogP contribution in [-0.2, 0) is 0 Å². The smallest absolute Gasteiger partial charge is 0.277 e. The van der Waals surface area contributed by atoms with Crippen molar-refractivity contribution >= 4 is 27.0 Å². The van der Waals surface area contributed by atoms with Crippen molar-refractivity contribution in [1.82, 2.24) is 19.9 Å². The summed E-state index contributed by atoms with van der Waals surface area (Å²) >= 11 is 3.23.